The first kappa shape index (κ1) is 29.2. The molecule has 0 heterocycles. The van der Waals surface area contributed by atoms with Gasteiger partial charge in [0.1, 0.15) is 0 Å². The molecule has 0 aliphatic heterocycles. The van der Waals surface area contributed by atoms with E-state index in [0.717, 1.165) is 19.3 Å². The van der Waals surface area contributed by atoms with Gasteiger partial charge in [-0.15, -0.1) is 0 Å². The third-order valence-electron chi connectivity index (χ3n) is 13.7. The number of fused-ring (bicyclic) bond motifs is 3. The van der Waals surface area contributed by atoms with E-state index in [2.05, 4.69) is 164 Å². The van der Waals surface area contributed by atoms with Crippen molar-refractivity contribution < 1.29 is 0 Å². The van der Waals surface area contributed by atoms with Crippen molar-refractivity contribution >= 4 is 0 Å². The third kappa shape index (κ3) is 3.78. The Morgan fingerprint density at radius 2 is 0.537 bits per heavy atom. The minimum atomic E-state index is 0.251. The molecule has 0 radical (unpaired) electrons. The lowest BCUT2D eigenvalue weighted by Crippen LogP contribution is -2.11. The van der Waals surface area contributed by atoms with Gasteiger partial charge in [-0.05, 0) is 154 Å². The Hall–Kier alpha value is -6.24. The molecule has 8 aromatic carbocycles. The lowest BCUT2D eigenvalue weighted by Gasteiger charge is -2.27. The van der Waals surface area contributed by atoms with E-state index in [1.54, 1.807) is 16.7 Å². The van der Waals surface area contributed by atoms with Crippen molar-refractivity contribution in [2.75, 3.05) is 0 Å². The van der Waals surface area contributed by atoms with E-state index in [9.17, 15) is 0 Å². The average molecular weight is 685 g/mol. The topological polar surface area (TPSA) is 0 Å². The molecule has 0 saturated heterocycles. The van der Waals surface area contributed by atoms with E-state index in [0.29, 0.717) is 0 Å². The summed E-state index contributed by atoms with van der Waals surface area (Å²) in [6.07, 6.45) is 2.88. The summed E-state index contributed by atoms with van der Waals surface area (Å²) in [6, 6.07) is 63.7. The highest BCUT2D eigenvalue weighted by Gasteiger charge is 2.46. The third-order valence-corrected chi connectivity index (χ3v) is 13.7. The van der Waals surface area contributed by atoms with Gasteiger partial charge in [0.25, 0.3) is 0 Å². The minimum absolute atomic E-state index is 0.251. The molecule has 14 rings (SSSR count). The molecule has 0 spiro atoms. The summed E-state index contributed by atoms with van der Waals surface area (Å²) in [5.74, 6) is 0.752. The van der Waals surface area contributed by atoms with Crippen molar-refractivity contribution in [3.8, 4) is 66.8 Å². The van der Waals surface area contributed by atoms with E-state index in [-0.39, 0.29) is 17.8 Å². The molecule has 0 N–H and O–H groups in total. The predicted molar refractivity (Wildman–Crippen MR) is 222 cm³/mol. The maximum atomic E-state index is 2.49. The van der Waals surface area contributed by atoms with Crippen LogP contribution in [0.4, 0.5) is 0 Å². The molecule has 0 heteroatoms. The first-order chi connectivity index (χ1) is 26.8. The zero-order valence-corrected chi connectivity index (χ0v) is 29.9. The fourth-order valence-electron chi connectivity index (χ4n) is 11.6. The molecule has 0 amide bonds. The average Bonchev–Trinajstić information content (AvgIpc) is 3.83. The first-order valence-electron chi connectivity index (χ1n) is 19.7. The van der Waals surface area contributed by atoms with Crippen molar-refractivity contribution in [3.63, 3.8) is 0 Å². The van der Waals surface area contributed by atoms with Gasteiger partial charge in [0.2, 0.25) is 0 Å². The molecule has 6 aliphatic carbocycles. The highest BCUT2D eigenvalue weighted by molar-refractivity contribution is 6.03. The van der Waals surface area contributed by atoms with Gasteiger partial charge in [-0.1, -0.05) is 146 Å². The monoisotopic (exact) mass is 684 g/mol. The highest BCUT2D eigenvalue weighted by Crippen LogP contribution is 2.65. The maximum absolute atomic E-state index is 2.49. The molecule has 0 fully saturated rings. The molecule has 8 aromatic rings. The summed E-state index contributed by atoms with van der Waals surface area (Å²) >= 11 is 0. The lowest BCUT2D eigenvalue weighted by molar-refractivity contribution is 0.802. The van der Waals surface area contributed by atoms with Gasteiger partial charge in [-0.2, -0.15) is 0 Å². The van der Waals surface area contributed by atoms with Gasteiger partial charge in [-0.3, -0.25) is 0 Å². The van der Waals surface area contributed by atoms with Crippen LogP contribution < -0.4 is 0 Å². The molecule has 6 aliphatic rings. The van der Waals surface area contributed by atoms with Crippen LogP contribution in [-0.2, 0) is 19.3 Å². The van der Waals surface area contributed by atoms with E-state index >= 15 is 0 Å². The summed E-state index contributed by atoms with van der Waals surface area (Å²) in [5, 5.41) is 0. The molecule has 12 bridgehead atoms. The van der Waals surface area contributed by atoms with Crippen molar-refractivity contribution in [1.82, 2.24) is 0 Å². The smallest absolute Gasteiger partial charge is 0.0149 e. The standard InChI is InChI=1S/C54H36/c1-4-16-37-31(13-1)28-46-40-19-7-10-22-43(40)49-52(46)50-44-23-11-8-20-41(44)47-29-32-14-2-5-17-38(32)35-25-34(37)26-36(27-35)39-18-6-3-15-33(39)30-48-42-21-9-12-24-45(42)51(53(48)49)54(47)50/h1-27,46-48H,28-30H2/t46-,47-,48-/m1/s1. The summed E-state index contributed by atoms with van der Waals surface area (Å²) in [5.41, 5.74) is 30.2. The number of benzene rings is 8. The molecule has 3 atom stereocenters. The van der Waals surface area contributed by atoms with E-state index in [4.69, 9.17) is 0 Å². The quantitative estimate of drug-likeness (QED) is 0.149. The molecule has 252 valence electrons. The minimum Gasteiger partial charge on any atom is -0.0620 e. The molecule has 0 unspecified atom stereocenters. The first-order valence-corrected chi connectivity index (χ1v) is 19.7. The normalized spacial score (nSPS) is 18.3. The maximum Gasteiger partial charge on any atom is 0.0149 e. The Kier molecular flexibility index (Phi) is 5.78. The van der Waals surface area contributed by atoms with Crippen molar-refractivity contribution in [3.05, 3.63) is 214 Å². The molecule has 0 aromatic heterocycles. The second-order valence-electron chi connectivity index (χ2n) is 16.2. The van der Waals surface area contributed by atoms with Crippen LogP contribution in [0.2, 0.25) is 0 Å². The van der Waals surface area contributed by atoms with E-state index < -0.39 is 0 Å². The molecule has 0 nitrogen and oxygen atoms in total. The van der Waals surface area contributed by atoms with Gasteiger partial charge in [0, 0.05) is 17.8 Å². The SMILES string of the molecule is c1ccc2c(c1)C[C@@H]1c3ccccc3-c3c1c1c4c5c3[C@H](Cc3ccccc3-c3cc-2cc(c3)-c2ccccc2C[C@@H]4c2ccccc2-1)c1ccccc1-5. The zero-order chi connectivity index (χ0) is 35.1. The largest absolute Gasteiger partial charge is 0.0620 e. The summed E-state index contributed by atoms with van der Waals surface area (Å²) in [7, 11) is 0. The Morgan fingerprint density at radius 1 is 0.278 bits per heavy atom. The van der Waals surface area contributed by atoms with Gasteiger partial charge < -0.3 is 0 Å². The van der Waals surface area contributed by atoms with Crippen LogP contribution in [0.1, 0.15) is 67.8 Å². The Bertz CT molecular complexity index is 2590. The van der Waals surface area contributed by atoms with Crippen LogP contribution in [0, 0.1) is 0 Å². The number of rotatable bonds is 0. The van der Waals surface area contributed by atoms with Crippen molar-refractivity contribution in [1.29, 1.82) is 0 Å². The predicted octanol–water partition coefficient (Wildman–Crippen LogP) is 13.4. The zero-order valence-electron chi connectivity index (χ0n) is 29.9. The van der Waals surface area contributed by atoms with Gasteiger partial charge in [0.05, 0.1) is 0 Å². The van der Waals surface area contributed by atoms with Crippen LogP contribution in [0.3, 0.4) is 0 Å². The Labute approximate surface area is 316 Å². The van der Waals surface area contributed by atoms with E-state index in [1.165, 1.54) is 100 Å². The van der Waals surface area contributed by atoms with Crippen LogP contribution in [-0.4, -0.2) is 0 Å². The second kappa shape index (κ2) is 10.7. The van der Waals surface area contributed by atoms with Crippen LogP contribution in [0.15, 0.2) is 164 Å². The lowest BCUT2D eigenvalue weighted by atomic mass is 9.76. The highest BCUT2D eigenvalue weighted by atomic mass is 14.5. The fraction of sp³-hybridized carbons (Fsp3) is 0.111. The van der Waals surface area contributed by atoms with Gasteiger partial charge in [-0.25, -0.2) is 0 Å². The summed E-state index contributed by atoms with van der Waals surface area (Å²) < 4.78 is 0. The number of hydrogen-bond donors (Lipinski definition) is 0. The van der Waals surface area contributed by atoms with Crippen LogP contribution >= 0.6 is 0 Å². The Morgan fingerprint density at radius 3 is 0.852 bits per heavy atom. The van der Waals surface area contributed by atoms with Gasteiger partial charge in [0.15, 0.2) is 0 Å². The molecular weight excluding hydrogens is 649 g/mol. The second-order valence-corrected chi connectivity index (χ2v) is 16.2. The molecule has 54 heavy (non-hydrogen) atoms. The molecule has 0 saturated carbocycles. The van der Waals surface area contributed by atoms with Gasteiger partial charge >= 0.3 is 0 Å². The van der Waals surface area contributed by atoms with Crippen LogP contribution in [0.25, 0.3) is 66.8 Å². The van der Waals surface area contributed by atoms with E-state index in [1.807, 2.05) is 0 Å². The fourth-order valence-corrected chi connectivity index (χ4v) is 11.6. The summed E-state index contributed by atoms with van der Waals surface area (Å²) in [6.45, 7) is 0. The van der Waals surface area contributed by atoms with Crippen LogP contribution in [0.5, 0.6) is 0 Å². The van der Waals surface area contributed by atoms with Crippen molar-refractivity contribution in [2.45, 2.75) is 37.0 Å². The summed E-state index contributed by atoms with van der Waals surface area (Å²) in [4.78, 5) is 0. The number of hydrogen-bond acceptors (Lipinski definition) is 0. The van der Waals surface area contributed by atoms with Crippen molar-refractivity contribution in [2.24, 2.45) is 0 Å². The Balaban J connectivity index is 1.29. The molecular formula is C54H36.